The van der Waals surface area contributed by atoms with Gasteiger partial charge in [-0.2, -0.15) is 8.78 Å². The molecule has 0 bridgehead atoms. The van der Waals surface area contributed by atoms with Gasteiger partial charge in [-0.1, -0.05) is 0 Å². The highest BCUT2D eigenvalue weighted by atomic mass is 19.3. The second kappa shape index (κ2) is 5.90. The van der Waals surface area contributed by atoms with Crippen molar-refractivity contribution in [3.8, 4) is 11.5 Å². The number of halogens is 4. The molecule has 7 heteroatoms. The number of hydrogen-bond donors (Lipinski definition) is 0. The molecule has 0 aliphatic rings. The van der Waals surface area contributed by atoms with E-state index < -0.39 is 19.0 Å². The van der Waals surface area contributed by atoms with E-state index in [1.54, 1.807) is 0 Å². The van der Waals surface area contributed by atoms with Gasteiger partial charge in [-0.25, -0.2) is 8.78 Å². The van der Waals surface area contributed by atoms with Crippen molar-refractivity contribution >= 4 is 5.78 Å². The molecule has 0 saturated heterocycles. The van der Waals surface area contributed by atoms with Crippen molar-refractivity contribution in [1.82, 2.24) is 0 Å². The first-order chi connectivity index (χ1) is 8.77. The van der Waals surface area contributed by atoms with Crippen molar-refractivity contribution in [3.05, 3.63) is 23.8 Å². The SMILES string of the molecule is COc1cc(C(C)=O)ccc1OCC(F)(F)C(F)F. The van der Waals surface area contributed by atoms with Crippen LogP contribution in [0.4, 0.5) is 17.6 Å². The third-order valence-corrected chi connectivity index (χ3v) is 2.31. The summed E-state index contributed by atoms with van der Waals surface area (Å²) in [6.07, 6.45) is -3.81. The third kappa shape index (κ3) is 3.84. The number of rotatable bonds is 6. The molecule has 0 spiro atoms. The standard InChI is InChI=1S/C12H12F4O3/c1-7(17)8-3-4-9(10(5-8)18-2)19-6-12(15,16)11(13)14/h3-5,11H,6H2,1-2H3. The molecule has 106 valence electrons. The molecule has 1 rings (SSSR count). The van der Waals surface area contributed by atoms with Gasteiger partial charge in [0.2, 0.25) is 0 Å². The number of methoxy groups -OCH3 is 1. The number of hydrogen-bond acceptors (Lipinski definition) is 3. The Balaban J connectivity index is 2.87. The smallest absolute Gasteiger partial charge is 0.340 e. The topological polar surface area (TPSA) is 35.5 Å². The summed E-state index contributed by atoms with van der Waals surface area (Å²) in [4.78, 5) is 11.1. The Hall–Kier alpha value is -1.79. The van der Waals surface area contributed by atoms with Gasteiger partial charge < -0.3 is 9.47 Å². The van der Waals surface area contributed by atoms with Gasteiger partial charge in [-0.15, -0.1) is 0 Å². The van der Waals surface area contributed by atoms with Crippen molar-refractivity contribution in [1.29, 1.82) is 0 Å². The Morgan fingerprint density at radius 1 is 1.32 bits per heavy atom. The van der Waals surface area contributed by atoms with Gasteiger partial charge in [0.05, 0.1) is 7.11 Å². The second-order valence-corrected chi connectivity index (χ2v) is 3.77. The first-order valence-electron chi connectivity index (χ1n) is 5.25. The normalized spacial score (nSPS) is 11.5. The summed E-state index contributed by atoms with van der Waals surface area (Å²) in [6, 6.07) is 3.84. The molecule has 0 amide bonds. The molecule has 0 N–H and O–H groups in total. The van der Waals surface area contributed by atoms with E-state index in [0.29, 0.717) is 5.56 Å². The lowest BCUT2D eigenvalue weighted by molar-refractivity contribution is -0.148. The number of ketones is 1. The lowest BCUT2D eigenvalue weighted by Crippen LogP contribution is -2.33. The zero-order valence-corrected chi connectivity index (χ0v) is 10.3. The minimum absolute atomic E-state index is 0.0257. The molecule has 3 nitrogen and oxygen atoms in total. The lowest BCUT2D eigenvalue weighted by Gasteiger charge is -2.17. The van der Waals surface area contributed by atoms with Crippen LogP contribution >= 0.6 is 0 Å². The van der Waals surface area contributed by atoms with Crippen molar-refractivity contribution in [3.63, 3.8) is 0 Å². The van der Waals surface area contributed by atoms with Gasteiger partial charge in [0, 0.05) is 5.56 Å². The minimum Gasteiger partial charge on any atom is -0.493 e. The molecule has 1 aromatic carbocycles. The number of alkyl halides is 4. The zero-order chi connectivity index (χ0) is 14.6. The van der Waals surface area contributed by atoms with Crippen LogP contribution in [0, 0.1) is 0 Å². The predicted octanol–water partition coefficient (Wildman–Crippen LogP) is 3.18. The Labute approximate surface area is 107 Å². The largest absolute Gasteiger partial charge is 0.493 e. The average Bonchev–Trinajstić information content (AvgIpc) is 2.35. The van der Waals surface area contributed by atoms with E-state index in [2.05, 4.69) is 4.74 Å². The first kappa shape index (κ1) is 15.3. The van der Waals surface area contributed by atoms with Crippen LogP contribution in [-0.2, 0) is 0 Å². The summed E-state index contributed by atoms with van der Waals surface area (Å²) in [6.45, 7) is -0.152. The maximum atomic E-state index is 12.7. The molecular weight excluding hydrogens is 268 g/mol. The summed E-state index contributed by atoms with van der Waals surface area (Å²) in [5.74, 6) is -4.60. The summed E-state index contributed by atoms with van der Waals surface area (Å²) in [5, 5.41) is 0. The van der Waals surface area contributed by atoms with Crippen LogP contribution in [0.5, 0.6) is 11.5 Å². The molecule has 0 aromatic heterocycles. The molecule has 0 aliphatic carbocycles. The van der Waals surface area contributed by atoms with Gasteiger partial charge in [0.25, 0.3) is 0 Å². The van der Waals surface area contributed by atoms with Gasteiger partial charge in [0.15, 0.2) is 23.9 Å². The monoisotopic (exact) mass is 280 g/mol. The first-order valence-corrected chi connectivity index (χ1v) is 5.25. The van der Waals surface area contributed by atoms with E-state index in [-0.39, 0.29) is 17.3 Å². The third-order valence-electron chi connectivity index (χ3n) is 2.31. The zero-order valence-electron chi connectivity index (χ0n) is 10.3. The van der Waals surface area contributed by atoms with E-state index in [9.17, 15) is 22.4 Å². The summed E-state index contributed by atoms with van der Waals surface area (Å²) >= 11 is 0. The van der Waals surface area contributed by atoms with Crippen LogP contribution in [0.15, 0.2) is 18.2 Å². The molecular formula is C12H12F4O3. The molecule has 0 atom stereocenters. The Kier molecular flexibility index (Phi) is 4.74. The van der Waals surface area contributed by atoms with Crippen molar-refractivity contribution in [2.45, 2.75) is 19.3 Å². The fourth-order valence-corrected chi connectivity index (χ4v) is 1.24. The molecule has 0 radical (unpaired) electrons. The second-order valence-electron chi connectivity index (χ2n) is 3.77. The number of carbonyl (C=O) groups is 1. The maximum Gasteiger partial charge on any atom is 0.340 e. The average molecular weight is 280 g/mol. The van der Waals surface area contributed by atoms with Gasteiger partial charge in [-0.3, -0.25) is 4.79 Å². The van der Waals surface area contributed by atoms with Crippen LogP contribution in [0.2, 0.25) is 0 Å². The molecule has 0 heterocycles. The summed E-state index contributed by atoms with van der Waals surface area (Å²) in [7, 11) is 1.25. The van der Waals surface area contributed by atoms with Crippen LogP contribution in [0.3, 0.4) is 0 Å². The molecule has 0 fully saturated rings. The van der Waals surface area contributed by atoms with Crippen molar-refractivity contribution in [2.24, 2.45) is 0 Å². The Morgan fingerprint density at radius 3 is 2.42 bits per heavy atom. The van der Waals surface area contributed by atoms with Gasteiger partial charge >= 0.3 is 12.3 Å². The molecule has 0 aliphatic heterocycles. The quantitative estimate of drug-likeness (QED) is 0.593. The highest BCUT2D eigenvalue weighted by molar-refractivity contribution is 5.94. The maximum absolute atomic E-state index is 12.7. The predicted molar refractivity (Wildman–Crippen MR) is 59.4 cm³/mol. The minimum atomic E-state index is -4.25. The van der Waals surface area contributed by atoms with Gasteiger partial charge in [-0.05, 0) is 25.1 Å². The van der Waals surface area contributed by atoms with Gasteiger partial charge in [0.1, 0.15) is 0 Å². The Bertz CT molecular complexity index is 460. The number of carbonyl (C=O) groups excluding carboxylic acids is 1. The van der Waals surface area contributed by atoms with Crippen molar-refractivity contribution in [2.75, 3.05) is 13.7 Å². The lowest BCUT2D eigenvalue weighted by atomic mass is 10.1. The highest BCUT2D eigenvalue weighted by Gasteiger charge is 2.41. The highest BCUT2D eigenvalue weighted by Crippen LogP contribution is 2.31. The van der Waals surface area contributed by atoms with E-state index >= 15 is 0 Å². The van der Waals surface area contributed by atoms with E-state index in [1.165, 1.54) is 32.2 Å². The van der Waals surface area contributed by atoms with E-state index in [0.717, 1.165) is 0 Å². The Morgan fingerprint density at radius 2 is 1.95 bits per heavy atom. The molecule has 0 saturated carbocycles. The van der Waals surface area contributed by atoms with E-state index in [1.807, 2.05) is 0 Å². The van der Waals surface area contributed by atoms with Crippen LogP contribution in [0.25, 0.3) is 0 Å². The summed E-state index contributed by atoms with van der Waals surface area (Å²) < 4.78 is 58.8. The van der Waals surface area contributed by atoms with Crippen LogP contribution in [-0.4, -0.2) is 31.8 Å². The van der Waals surface area contributed by atoms with Crippen LogP contribution < -0.4 is 9.47 Å². The molecule has 0 unspecified atom stereocenters. The number of Topliss-reactive ketones (excluding diaryl/α,β-unsaturated/α-hetero) is 1. The fourth-order valence-electron chi connectivity index (χ4n) is 1.24. The van der Waals surface area contributed by atoms with Crippen molar-refractivity contribution < 1.29 is 31.8 Å². The molecule has 19 heavy (non-hydrogen) atoms. The van der Waals surface area contributed by atoms with Crippen LogP contribution in [0.1, 0.15) is 17.3 Å². The molecule has 1 aromatic rings. The fraction of sp³-hybridized carbons (Fsp3) is 0.417. The number of benzene rings is 1. The number of ether oxygens (including phenoxy) is 2. The van der Waals surface area contributed by atoms with E-state index in [4.69, 9.17) is 4.74 Å². The summed E-state index contributed by atoms with van der Waals surface area (Å²) in [5.41, 5.74) is 0.296.